The average molecular weight is 222 g/mol. The highest BCUT2D eigenvalue weighted by molar-refractivity contribution is 5.08. The Morgan fingerprint density at radius 2 is 2.12 bits per heavy atom. The first kappa shape index (κ1) is 10.2. The third kappa shape index (κ3) is 1.53. The summed E-state index contributed by atoms with van der Waals surface area (Å²) in [5.41, 5.74) is 7.36. The molecule has 2 atom stereocenters. The van der Waals surface area contributed by atoms with Crippen LogP contribution in [-0.2, 0) is 7.05 Å². The van der Waals surface area contributed by atoms with Gasteiger partial charge in [0.15, 0.2) is 0 Å². The summed E-state index contributed by atoms with van der Waals surface area (Å²) in [7, 11) is 1.90. The first-order chi connectivity index (χ1) is 7.75. The summed E-state index contributed by atoms with van der Waals surface area (Å²) >= 11 is 0. The van der Waals surface area contributed by atoms with Crippen molar-refractivity contribution in [3.8, 4) is 0 Å². The third-order valence-electron chi connectivity index (χ3n) is 3.83. The molecule has 0 amide bonds. The van der Waals surface area contributed by atoms with Crippen LogP contribution in [0.3, 0.4) is 0 Å². The van der Waals surface area contributed by atoms with E-state index in [0.717, 1.165) is 25.3 Å². The van der Waals surface area contributed by atoms with Crippen molar-refractivity contribution in [2.75, 3.05) is 32.7 Å². The van der Waals surface area contributed by atoms with Gasteiger partial charge in [0.2, 0.25) is 0 Å². The van der Waals surface area contributed by atoms with Gasteiger partial charge < -0.3 is 5.73 Å². The zero-order valence-corrected chi connectivity index (χ0v) is 9.58. The van der Waals surface area contributed by atoms with Crippen molar-refractivity contribution < 1.29 is 0 Å². The molecule has 0 radical (unpaired) electrons. The van der Waals surface area contributed by atoms with Gasteiger partial charge >= 0.3 is 0 Å². The predicted molar refractivity (Wildman–Crippen MR) is 59.7 cm³/mol. The Bertz CT molecular complexity index is 367. The minimum Gasteiger partial charge on any atom is -0.321 e. The molecule has 4 heterocycles. The SMILES string of the molecule is Cn1nncc1C(N)C1CN2CCN1CC2. The van der Waals surface area contributed by atoms with Crippen LogP contribution in [0.15, 0.2) is 6.20 Å². The van der Waals surface area contributed by atoms with Gasteiger partial charge in [-0.05, 0) is 0 Å². The zero-order chi connectivity index (χ0) is 11.1. The van der Waals surface area contributed by atoms with E-state index >= 15 is 0 Å². The molecule has 2 unspecified atom stereocenters. The average Bonchev–Trinajstić information content (AvgIpc) is 2.76. The van der Waals surface area contributed by atoms with E-state index in [0.29, 0.717) is 6.04 Å². The molecule has 3 aliphatic heterocycles. The van der Waals surface area contributed by atoms with Crippen molar-refractivity contribution >= 4 is 0 Å². The molecule has 2 N–H and O–H groups in total. The van der Waals surface area contributed by atoms with E-state index in [1.807, 2.05) is 7.05 Å². The lowest BCUT2D eigenvalue weighted by Crippen LogP contribution is -2.63. The van der Waals surface area contributed by atoms with E-state index in [2.05, 4.69) is 20.1 Å². The van der Waals surface area contributed by atoms with Crippen LogP contribution in [0.5, 0.6) is 0 Å². The summed E-state index contributed by atoms with van der Waals surface area (Å²) in [6.07, 6.45) is 1.78. The van der Waals surface area contributed by atoms with Gasteiger partial charge in [0.25, 0.3) is 0 Å². The Labute approximate surface area is 95.0 Å². The van der Waals surface area contributed by atoms with E-state index in [9.17, 15) is 0 Å². The van der Waals surface area contributed by atoms with Gasteiger partial charge in [-0.15, -0.1) is 5.10 Å². The standard InChI is InChI=1S/C10H18N6/c1-14-8(6-12-13-14)10(11)9-7-15-2-4-16(9)5-3-15/h6,9-10H,2-5,7,11H2,1H3. The number of hydrogen-bond acceptors (Lipinski definition) is 5. The second-order valence-corrected chi connectivity index (χ2v) is 4.71. The minimum absolute atomic E-state index is 0.0168. The molecule has 3 saturated heterocycles. The molecule has 4 rings (SSSR count). The molecule has 1 aromatic heterocycles. The molecule has 1 aromatic rings. The maximum Gasteiger partial charge on any atom is 0.0767 e. The molecule has 0 aliphatic carbocycles. The molecule has 0 spiro atoms. The summed E-state index contributed by atoms with van der Waals surface area (Å²) in [5, 5.41) is 7.85. The van der Waals surface area contributed by atoms with E-state index < -0.39 is 0 Å². The van der Waals surface area contributed by atoms with Crippen LogP contribution in [0.1, 0.15) is 11.7 Å². The van der Waals surface area contributed by atoms with E-state index in [-0.39, 0.29) is 6.04 Å². The maximum absolute atomic E-state index is 6.33. The monoisotopic (exact) mass is 222 g/mol. The van der Waals surface area contributed by atoms with Gasteiger partial charge in [0, 0.05) is 45.8 Å². The Kier molecular flexibility index (Phi) is 2.42. The van der Waals surface area contributed by atoms with Gasteiger partial charge in [0.1, 0.15) is 0 Å². The molecular weight excluding hydrogens is 204 g/mol. The van der Waals surface area contributed by atoms with Crippen LogP contribution in [-0.4, -0.2) is 63.6 Å². The van der Waals surface area contributed by atoms with E-state index in [4.69, 9.17) is 5.73 Å². The molecule has 3 aliphatic rings. The fourth-order valence-electron chi connectivity index (χ4n) is 2.79. The number of piperazine rings is 3. The summed E-state index contributed by atoms with van der Waals surface area (Å²) in [6.45, 7) is 5.74. The van der Waals surface area contributed by atoms with Crippen molar-refractivity contribution in [3.63, 3.8) is 0 Å². The predicted octanol–water partition coefficient (Wildman–Crippen LogP) is -1.19. The zero-order valence-electron chi connectivity index (χ0n) is 9.58. The fourth-order valence-corrected chi connectivity index (χ4v) is 2.79. The van der Waals surface area contributed by atoms with Crippen LogP contribution < -0.4 is 5.73 Å². The minimum atomic E-state index is 0.0168. The Hall–Kier alpha value is -0.980. The highest BCUT2D eigenvalue weighted by atomic mass is 15.4. The Morgan fingerprint density at radius 1 is 1.38 bits per heavy atom. The normalized spacial score (nSPS) is 35.2. The number of aryl methyl sites for hydroxylation is 1. The number of nitrogens with zero attached hydrogens (tertiary/aromatic N) is 5. The molecule has 2 bridgehead atoms. The molecule has 3 fully saturated rings. The van der Waals surface area contributed by atoms with Crippen LogP contribution in [0.25, 0.3) is 0 Å². The number of nitrogens with two attached hydrogens (primary N) is 1. The lowest BCUT2D eigenvalue weighted by Gasteiger charge is -2.49. The van der Waals surface area contributed by atoms with Crippen molar-refractivity contribution in [3.05, 3.63) is 11.9 Å². The molecule has 88 valence electrons. The first-order valence-corrected chi connectivity index (χ1v) is 5.82. The lowest BCUT2D eigenvalue weighted by molar-refractivity contribution is 0.00113. The summed E-state index contributed by atoms with van der Waals surface area (Å²) in [5.74, 6) is 0. The van der Waals surface area contributed by atoms with Crippen molar-refractivity contribution in [2.45, 2.75) is 12.1 Å². The van der Waals surface area contributed by atoms with Crippen molar-refractivity contribution in [1.29, 1.82) is 0 Å². The fraction of sp³-hybridized carbons (Fsp3) is 0.800. The van der Waals surface area contributed by atoms with E-state index in [1.54, 1.807) is 10.9 Å². The van der Waals surface area contributed by atoms with Gasteiger partial charge in [-0.2, -0.15) is 0 Å². The summed E-state index contributed by atoms with van der Waals surface area (Å²) < 4.78 is 1.78. The highest BCUT2D eigenvalue weighted by Gasteiger charge is 2.36. The number of aromatic nitrogens is 3. The van der Waals surface area contributed by atoms with Gasteiger partial charge in [-0.3, -0.25) is 14.5 Å². The van der Waals surface area contributed by atoms with Gasteiger partial charge in [-0.25, -0.2) is 0 Å². The van der Waals surface area contributed by atoms with Gasteiger partial charge in [-0.1, -0.05) is 5.21 Å². The summed E-state index contributed by atoms with van der Waals surface area (Å²) in [4.78, 5) is 4.99. The molecule has 0 aromatic carbocycles. The van der Waals surface area contributed by atoms with Gasteiger partial charge in [0.05, 0.1) is 17.9 Å². The number of fused-ring (bicyclic) bond motifs is 3. The second kappa shape index (κ2) is 3.80. The van der Waals surface area contributed by atoms with Crippen molar-refractivity contribution in [2.24, 2.45) is 12.8 Å². The molecule has 6 heteroatoms. The van der Waals surface area contributed by atoms with E-state index in [1.165, 1.54) is 13.1 Å². The Balaban J connectivity index is 1.80. The van der Waals surface area contributed by atoms with Crippen LogP contribution in [0.4, 0.5) is 0 Å². The summed E-state index contributed by atoms with van der Waals surface area (Å²) in [6, 6.07) is 0.433. The largest absolute Gasteiger partial charge is 0.321 e. The Morgan fingerprint density at radius 3 is 2.62 bits per heavy atom. The third-order valence-corrected chi connectivity index (χ3v) is 3.83. The number of rotatable bonds is 2. The molecular formula is C10H18N6. The molecule has 0 saturated carbocycles. The van der Waals surface area contributed by atoms with Crippen LogP contribution >= 0.6 is 0 Å². The molecule has 6 nitrogen and oxygen atoms in total. The molecule has 16 heavy (non-hydrogen) atoms. The highest BCUT2D eigenvalue weighted by Crippen LogP contribution is 2.24. The first-order valence-electron chi connectivity index (χ1n) is 5.82. The lowest BCUT2D eigenvalue weighted by atomic mass is 9.99. The van der Waals surface area contributed by atoms with Crippen LogP contribution in [0, 0.1) is 0 Å². The number of hydrogen-bond donors (Lipinski definition) is 1. The van der Waals surface area contributed by atoms with Crippen molar-refractivity contribution in [1.82, 2.24) is 24.8 Å². The maximum atomic E-state index is 6.33. The smallest absolute Gasteiger partial charge is 0.0767 e. The second-order valence-electron chi connectivity index (χ2n) is 4.71. The quantitative estimate of drug-likeness (QED) is 0.682. The van der Waals surface area contributed by atoms with Crippen LogP contribution in [0.2, 0.25) is 0 Å². The topological polar surface area (TPSA) is 63.2 Å².